The van der Waals surface area contributed by atoms with Crippen LogP contribution in [-0.2, 0) is 12.2 Å². The Morgan fingerprint density at radius 2 is 2.23 bits per heavy atom. The Kier molecular flexibility index (Phi) is 4.66. The zero-order chi connectivity index (χ0) is 17.9. The lowest BCUT2D eigenvalue weighted by Crippen LogP contribution is -2.36. The van der Waals surface area contributed by atoms with Crippen molar-refractivity contribution in [3.05, 3.63) is 59.8 Å². The van der Waals surface area contributed by atoms with Crippen molar-refractivity contribution in [1.82, 2.24) is 20.1 Å². The molecule has 0 aliphatic carbocycles. The number of para-hydroxylation sites is 1. The Hall–Kier alpha value is -2.74. The summed E-state index contributed by atoms with van der Waals surface area (Å²) in [6, 6.07) is 11.5. The van der Waals surface area contributed by atoms with Gasteiger partial charge in [0.2, 0.25) is 0 Å². The van der Waals surface area contributed by atoms with E-state index in [0.29, 0.717) is 29.0 Å². The van der Waals surface area contributed by atoms with Gasteiger partial charge in [0.25, 0.3) is 5.91 Å². The lowest BCUT2D eigenvalue weighted by molar-refractivity contribution is 0.0698. The van der Waals surface area contributed by atoms with Crippen molar-refractivity contribution < 1.29 is 13.9 Å². The maximum atomic E-state index is 12.6. The van der Waals surface area contributed by atoms with Gasteiger partial charge in [0.05, 0.1) is 12.3 Å². The molecule has 0 saturated carbocycles. The first kappa shape index (κ1) is 16.7. The summed E-state index contributed by atoms with van der Waals surface area (Å²) in [5.74, 6) is 2.38. The number of nitrogens with one attached hydrogen (secondary N) is 1. The average molecular weight is 370 g/mol. The van der Waals surface area contributed by atoms with Gasteiger partial charge in [-0.05, 0) is 23.8 Å². The number of aromatic amines is 1. The maximum Gasteiger partial charge on any atom is 0.289 e. The van der Waals surface area contributed by atoms with E-state index in [0.717, 1.165) is 12.2 Å². The second kappa shape index (κ2) is 7.25. The third-order valence-corrected chi connectivity index (χ3v) is 5.05. The van der Waals surface area contributed by atoms with Crippen molar-refractivity contribution in [2.75, 3.05) is 13.6 Å². The first-order chi connectivity index (χ1) is 12.7. The Morgan fingerprint density at radius 3 is 3.04 bits per heavy atom. The molecule has 0 bridgehead atoms. The Labute approximate surface area is 154 Å². The fourth-order valence-electron chi connectivity index (χ4n) is 2.91. The molecule has 3 aromatic rings. The topological polar surface area (TPSA) is 84.2 Å². The minimum Gasteiger partial charge on any atom is -0.488 e. The van der Waals surface area contributed by atoms with E-state index in [1.54, 1.807) is 18.0 Å². The number of rotatable bonds is 6. The molecule has 1 aromatic carbocycles. The Balaban J connectivity index is 1.32. The SMILES string of the molecule is CN(C[C@H]1Cc2ccccc2O1)C(=O)c1ccc(CSc2ncn[nH]2)o1. The molecule has 3 heterocycles. The van der Waals surface area contributed by atoms with E-state index in [2.05, 4.69) is 21.2 Å². The number of thioether (sulfide) groups is 1. The minimum atomic E-state index is -0.152. The van der Waals surface area contributed by atoms with E-state index in [1.165, 1.54) is 23.7 Å². The zero-order valence-corrected chi connectivity index (χ0v) is 15.0. The molecule has 1 N–H and O–H groups in total. The van der Waals surface area contributed by atoms with Crippen LogP contribution in [-0.4, -0.2) is 45.7 Å². The van der Waals surface area contributed by atoms with Gasteiger partial charge in [-0.3, -0.25) is 9.89 Å². The number of furan rings is 1. The Bertz CT molecular complexity index is 868. The first-order valence-corrected chi connectivity index (χ1v) is 9.24. The highest BCUT2D eigenvalue weighted by atomic mass is 32.2. The van der Waals surface area contributed by atoms with Gasteiger partial charge in [0.15, 0.2) is 10.9 Å². The molecule has 0 spiro atoms. The van der Waals surface area contributed by atoms with Crippen molar-refractivity contribution in [3.8, 4) is 5.75 Å². The van der Waals surface area contributed by atoms with Crippen molar-refractivity contribution >= 4 is 17.7 Å². The summed E-state index contributed by atoms with van der Waals surface area (Å²) in [5, 5.41) is 7.28. The van der Waals surface area contributed by atoms with Gasteiger partial charge in [-0.25, -0.2) is 4.98 Å². The van der Waals surface area contributed by atoms with Crippen LogP contribution in [0.3, 0.4) is 0 Å². The first-order valence-electron chi connectivity index (χ1n) is 8.26. The number of amides is 1. The standard InChI is InChI=1S/C18H18N4O3S/c1-22(9-14-8-12-4-2-3-5-15(12)25-14)17(23)16-7-6-13(24-16)10-26-18-19-11-20-21-18/h2-7,11,14H,8-10H2,1H3,(H,19,20,21)/t14-/m1/s1. The zero-order valence-electron chi connectivity index (χ0n) is 14.2. The molecule has 7 nitrogen and oxygen atoms in total. The average Bonchev–Trinajstić information content (AvgIpc) is 3.38. The number of likely N-dealkylation sites (N-methyl/N-ethyl adjacent to an activating group) is 1. The molecule has 0 radical (unpaired) electrons. The van der Waals surface area contributed by atoms with Crippen LogP contribution in [0.5, 0.6) is 5.75 Å². The molecule has 1 aliphatic rings. The molecular formula is C18H18N4O3S. The van der Waals surface area contributed by atoms with E-state index in [1.807, 2.05) is 24.3 Å². The highest BCUT2D eigenvalue weighted by Gasteiger charge is 2.26. The van der Waals surface area contributed by atoms with Gasteiger partial charge >= 0.3 is 0 Å². The van der Waals surface area contributed by atoms with Crippen LogP contribution in [0.4, 0.5) is 0 Å². The van der Waals surface area contributed by atoms with Crippen LogP contribution >= 0.6 is 11.8 Å². The molecule has 8 heteroatoms. The van der Waals surface area contributed by atoms with E-state index in [4.69, 9.17) is 9.15 Å². The van der Waals surface area contributed by atoms with Crippen LogP contribution in [0.15, 0.2) is 52.3 Å². The number of aromatic nitrogens is 3. The van der Waals surface area contributed by atoms with E-state index < -0.39 is 0 Å². The molecule has 1 amide bonds. The molecule has 0 saturated heterocycles. The third kappa shape index (κ3) is 3.60. The fourth-order valence-corrected chi connectivity index (χ4v) is 3.58. The van der Waals surface area contributed by atoms with Gasteiger partial charge in [-0.2, -0.15) is 5.10 Å². The number of carbonyl (C=O) groups is 1. The molecule has 1 aliphatic heterocycles. The maximum absolute atomic E-state index is 12.6. The fraction of sp³-hybridized carbons (Fsp3) is 0.278. The molecule has 0 fully saturated rings. The molecular weight excluding hydrogens is 352 g/mol. The van der Waals surface area contributed by atoms with Crippen molar-refractivity contribution in [2.45, 2.75) is 23.4 Å². The number of hydrogen-bond donors (Lipinski definition) is 1. The number of ether oxygens (including phenoxy) is 1. The number of benzene rings is 1. The summed E-state index contributed by atoms with van der Waals surface area (Å²) < 4.78 is 11.6. The lowest BCUT2D eigenvalue weighted by atomic mass is 10.1. The highest BCUT2D eigenvalue weighted by molar-refractivity contribution is 7.98. The molecule has 4 rings (SSSR count). The summed E-state index contributed by atoms with van der Waals surface area (Å²) in [7, 11) is 1.76. The van der Waals surface area contributed by atoms with Gasteiger partial charge < -0.3 is 14.1 Å². The minimum absolute atomic E-state index is 0.0298. The normalized spacial score (nSPS) is 15.5. The van der Waals surface area contributed by atoms with Crippen molar-refractivity contribution in [2.24, 2.45) is 0 Å². The number of H-pyrrole nitrogens is 1. The van der Waals surface area contributed by atoms with Crippen molar-refractivity contribution in [1.29, 1.82) is 0 Å². The molecule has 26 heavy (non-hydrogen) atoms. The van der Waals surface area contributed by atoms with Gasteiger partial charge in [-0.15, -0.1) is 0 Å². The summed E-state index contributed by atoms with van der Waals surface area (Å²) in [6.07, 6.45) is 2.24. The molecule has 1 atom stereocenters. The summed E-state index contributed by atoms with van der Waals surface area (Å²) >= 11 is 1.46. The molecule has 2 aromatic heterocycles. The second-order valence-corrected chi connectivity index (χ2v) is 7.05. The van der Waals surface area contributed by atoms with E-state index >= 15 is 0 Å². The molecule has 0 unspecified atom stereocenters. The second-order valence-electron chi connectivity index (χ2n) is 6.08. The molecule has 134 valence electrons. The predicted molar refractivity (Wildman–Crippen MR) is 96.2 cm³/mol. The van der Waals surface area contributed by atoms with Crippen LogP contribution < -0.4 is 4.74 Å². The van der Waals surface area contributed by atoms with Gasteiger partial charge in [0.1, 0.15) is 23.9 Å². The van der Waals surface area contributed by atoms with E-state index in [9.17, 15) is 4.79 Å². The number of nitrogens with zero attached hydrogens (tertiary/aromatic N) is 3. The quantitative estimate of drug-likeness (QED) is 0.672. The third-order valence-electron chi connectivity index (χ3n) is 4.15. The van der Waals surface area contributed by atoms with Crippen molar-refractivity contribution in [3.63, 3.8) is 0 Å². The van der Waals surface area contributed by atoms with Crippen LogP contribution in [0, 0.1) is 0 Å². The van der Waals surface area contributed by atoms with Crippen LogP contribution in [0.25, 0.3) is 0 Å². The van der Waals surface area contributed by atoms with Gasteiger partial charge in [-0.1, -0.05) is 30.0 Å². The van der Waals surface area contributed by atoms with E-state index in [-0.39, 0.29) is 12.0 Å². The van der Waals surface area contributed by atoms with Crippen LogP contribution in [0.2, 0.25) is 0 Å². The monoisotopic (exact) mass is 370 g/mol. The Morgan fingerprint density at radius 1 is 1.35 bits per heavy atom. The van der Waals surface area contributed by atoms with Gasteiger partial charge in [0, 0.05) is 13.5 Å². The van der Waals surface area contributed by atoms with Crippen LogP contribution in [0.1, 0.15) is 21.9 Å². The lowest BCUT2D eigenvalue weighted by Gasteiger charge is -2.20. The number of carbonyl (C=O) groups excluding carboxylic acids is 1. The smallest absolute Gasteiger partial charge is 0.289 e. The summed E-state index contributed by atoms with van der Waals surface area (Å²) in [6.45, 7) is 0.510. The largest absolute Gasteiger partial charge is 0.488 e. The summed E-state index contributed by atoms with van der Waals surface area (Å²) in [5.41, 5.74) is 1.18. The summed E-state index contributed by atoms with van der Waals surface area (Å²) in [4.78, 5) is 18.3. The predicted octanol–water partition coefficient (Wildman–Crippen LogP) is 2.77. The number of hydrogen-bond acceptors (Lipinski definition) is 6. The highest BCUT2D eigenvalue weighted by Crippen LogP contribution is 2.28. The number of fused-ring (bicyclic) bond motifs is 1.